The molecule has 0 aromatic carbocycles. The van der Waals surface area contributed by atoms with Gasteiger partial charge in [0.15, 0.2) is 18.1 Å². The lowest BCUT2D eigenvalue weighted by Gasteiger charge is -1.97. The van der Waals surface area contributed by atoms with Gasteiger partial charge in [-0.2, -0.15) is 9.13 Å². The van der Waals surface area contributed by atoms with Gasteiger partial charge in [0.1, 0.15) is 7.05 Å². The average Bonchev–Trinajstić information content (AvgIpc) is 2.24. The van der Waals surface area contributed by atoms with E-state index in [1.54, 1.807) is 12.3 Å². The first-order valence-corrected chi connectivity index (χ1v) is 4.87. The summed E-state index contributed by atoms with van der Waals surface area (Å²) < 4.78 is 4.02. The number of pyridine rings is 2. The van der Waals surface area contributed by atoms with Crippen LogP contribution in [0.5, 0.6) is 5.75 Å². The predicted octanol–water partition coefficient (Wildman–Crippen LogP) is 0.552. The lowest BCUT2D eigenvalue weighted by molar-refractivity contribution is -0.738. The van der Waals surface area contributed by atoms with Gasteiger partial charge < -0.3 is 5.11 Å². The van der Waals surface area contributed by atoms with Gasteiger partial charge in [-0.15, -0.1) is 0 Å². The molecule has 3 nitrogen and oxygen atoms in total. The fourth-order valence-corrected chi connectivity index (χ4v) is 1.51. The van der Waals surface area contributed by atoms with Gasteiger partial charge in [-0.05, 0) is 6.07 Å². The van der Waals surface area contributed by atoms with Crippen molar-refractivity contribution in [1.29, 1.82) is 0 Å². The lowest BCUT2D eigenvalue weighted by Crippen LogP contribution is -2.42. The van der Waals surface area contributed by atoms with E-state index in [2.05, 4.69) is 4.57 Å². The van der Waals surface area contributed by atoms with Crippen molar-refractivity contribution in [3.05, 3.63) is 54.6 Å². The van der Waals surface area contributed by atoms with Crippen LogP contribution in [0.4, 0.5) is 0 Å². The Hall–Kier alpha value is -1.90. The van der Waals surface area contributed by atoms with Gasteiger partial charge in [-0.1, -0.05) is 6.07 Å². The van der Waals surface area contributed by atoms with E-state index in [0.717, 1.165) is 12.2 Å². The van der Waals surface area contributed by atoms with E-state index >= 15 is 0 Å². The molecule has 0 aliphatic heterocycles. The highest BCUT2D eigenvalue weighted by atomic mass is 16.3. The number of aryl methyl sites for hydroxylation is 1. The van der Waals surface area contributed by atoms with E-state index in [1.807, 2.05) is 48.3 Å². The molecule has 0 bridgehead atoms. The van der Waals surface area contributed by atoms with Gasteiger partial charge >= 0.3 is 0 Å². The molecule has 1 N–H and O–H groups in total. The van der Waals surface area contributed by atoms with Gasteiger partial charge in [0.05, 0.1) is 0 Å². The highest BCUT2D eigenvalue weighted by Gasteiger charge is 2.11. The van der Waals surface area contributed by atoms with Gasteiger partial charge in [-0.25, -0.2) is 0 Å². The quantitative estimate of drug-likeness (QED) is 0.708. The Morgan fingerprint density at radius 1 is 1.13 bits per heavy atom. The van der Waals surface area contributed by atoms with Crippen molar-refractivity contribution < 1.29 is 14.2 Å². The number of hydrogen-bond donors (Lipinski definition) is 1. The molecule has 15 heavy (non-hydrogen) atoms. The maximum absolute atomic E-state index is 9.28. The van der Waals surface area contributed by atoms with Crippen molar-refractivity contribution in [1.82, 2.24) is 0 Å². The fourth-order valence-electron chi connectivity index (χ4n) is 1.51. The first-order valence-electron chi connectivity index (χ1n) is 4.87. The average molecular weight is 202 g/mol. The van der Waals surface area contributed by atoms with Crippen molar-refractivity contribution >= 4 is 0 Å². The molecule has 0 radical (unpaired) electrons. The van der Waals surface area contributed by atoms with Crippen molar-refractivity contribution in [2.75, 3.05) is 0 Å². The monoisotopic (exact) mass is 202 g/mol. The molecule has 3 heteroatoms. The number of aromatic nitrogens is 2. The minimum absolute atomic E-state index is 0.291. The molecule has 0 aliphatic rings. The van der Waals surface area contributed by atoms with Crippen LogP contribution >= 0.6 is 0 Å². The summed E-state index contributed by atoms with van der Waals surface area (Å²) in [5.41, 5.74) is 1.14. The summed E-state index contributed by atoms with van der Waals surface area (Å²) in [6.45, 7) is 0.803. The molecule has 2 rings (SSSR count). The molecular weight excluding hydrogens is 188 g/mol. The third-order valence-electron chi connectivity index (χ3n) is 2.35. The van der Waals surface area contributed by atoms with Crippen LogP contribution in [0.3, 0.4) is 0 Å². The first-order chi connectivity index (χ1) is 7.25. The zero-order valence-corrected chi connectivity index (χ0v) is 8.67. The maximum Gasteiger partial charge on any atom is 0.247 e. The van der Waals surface area contributed by atoms with Crippen molar-refractivity contribution in [3.63, 3.8) is 0 Å². The summed E-state index contributed by atoms with van der Waals surface area (Å²) in [6.07, 6.45) is 5.75. The summed E-state index contributed by atoms with van der Waals surface area (Å²) >= 11 is 0. The Kier molecular flexibility index (Phi) is 2.63. The van der Waals surface area contributed by atoms with Crippen LogP contribution in [0.25, 0.3) is 0 Å². The highest BCUT2D eigenvalue weighted by Crippen LogP contribution is 2.03. The maximum atomic E-state index is 9.28. The van der Waals surface area contributed by atoms with E-state index in [1.165, 1.54) is 0 Å². The largest absolute Gasteiger partial charge is 0.503 e. The predicted molar refractivity (Wildman–Crippen MR) is 55.0 cm³/mol. The van der Waals surface area contributed by atoms with Gasteiger partial charge in [0, 0.05) is 18.2 Å². The van der Waals surface area contributed by atoms with Gasteiger partial charge in [-0.3, -0.25) is 0 Å². The summed E-state index contributed by atoms with van der Waals surface area (Å²) in [4.78, 5) is 0. The number of hydrogen-bond acceptors (Lipinski definition) is 1. The summed E-state index contributed by atoms with van der Waals surface area (Å²) in [6, 6.07) is 9.63. The molecule has 0 saturated heterocycles. The molecule has 0 spiro atoms. The van der Waals surface area contributed by atoms with Crippen LogP contribution in [0.15, 0.2) is 48.9 Å². The lowest BCUT2D eigenvalue weighted by atomic mass is 10.3. The van der Waals surface area contributed by atoms with Crippen molar-refractivity contribution in [2.45, 2.75) is 6.54 Å². The molecule has 0 saturated carbocycles. The topological polar surface area (TPSA) is 28.0 Å². The Morgan fingerprint density at radius 2 is 1.87 bits per heavy atom. The minimum atomic E-state index is 0.291. The molecule has 76 valence electrons. The van der Waals surface area contributed by atoms with Gasteiger partial charge in [0.2, 0.25) is 18.4 Å². The number of rotatable bonds is 2. The highest BCUT2D eigenvalue weighted by molar-refractivity contribution is 5.13. The molecule has 2 aromatic heterocycles. The van der Waals surface area contributed by atoms with Crippen LogP contribution in [0.1, 0.15) is 5.69 Å². The van der Waals surface area contributed by atoms with E-state index in [0.29, 0.717) is 5.75 Å². The standard InChI is InChI=1S/C12H13N2O/c1-13-10-12(15)6-5-11(13)9-14-7-3-2-4-8-14/h2-8,10H,9H2,1H3/q+1/p+1. The zero-order valence-electron chi connectivity index (χ0n) is 8.67. The van der Waals surface area contributed by atoms with Crippen LogP contribution in [0.2, 0.25) is 0 Å². The van der Waals surface area contributed by atoms with Crippen molar-refractivity contribution in [2.24, 2.45) is 7.05 Å². The zero-order chi connectivity index (χ0) is 10.7. The van der Waals surface area contributed by atoms with Crippen LogP contribution in [-0.2, 0) is 13.6 Å². The second-order valence-corrected chi connectivity index (χ2v) is 3.54. The molecule has 0 fully saturated rings. The first kappa shape index (κ1) is 9.65. The summed E-state index contributed by atoms with van der Waals surface area (Å²) in [7, 11) is 1.93. The Bertz CT molecular complexity index is 454. The van der Waals surface area contributed by atoms with Crippen LogP contribution < -0.4 is 9.13 Å². The SMILES string of the molecule is C[n+]1cc(O)ccc1C[n+]1ccccc1. The summed E-state index contributed by atoms with van der Waals surface area (Å²) in [5.74, 6) is 0.291. The van der Waals surface area contributed by atoms with E-state index in [-0.39, 0.29) is 0 Å². The molecular formula is C12H14N2O+2. The second-order valence-electron chi connectivity index (χ2n) is 3.54. The third kappa shape index (κ3) is 2.31. The second kappa shape index (κ2) is 4.09. The minimum Gasteiger partial charge on any atom is -0.503 e. The Labute approximate surface area is 88.9 Å². The third-order valence-corrected chi connectivity index (χ3v) is 2.35. The Balaban J connectivity index is 2.25. The molecule has 0 amide bonds. The van der Waals surface area contributed by atoms with E-state index in [4.69, 9.17) is 0 Å². The molecule has 0 unspecified atom stereocenters. The normalized spacial score (nSPS) is 10.2. The van der Waals surface area contributed by atoms with Crippen LogP contribution in [0, 0.1) is 0 Å². The Morgan fingerprint density at radius 3 is 2.53 bits per heavy atom. The number of aromatic hydroxyl groups is 1. The molecule has 0 aliphatic carbocycles. The van der Waals surface area contributed by atoms with Crippen molar-refractivity contribution in [3.8, 4) is 5.75 Å². The van der Waals surface area contributed by atoms with Gasteiger partial charge in [0.25, 0.3) is 0 Å². The smallest absolute Gasteiger partial charge is 0.247 e. The molecule has 2 heterocycles. The molecule has 2 aromatic rings. The van der Waals surface area contributed by atoms with E-state index < -0.39 is 0 Å². The molecule has 0 atom stereocenters. The fraction of sp³-hybridized carbons (Fsp3) is 0.167. The summed E-state index contributed by atoms with van der Waals surface area (Å²) in [5, 5.41) is 9.28. The van der Waals surface area contributed by atoms with E-state index in [9.17, 15) is 5.11 Å². The van der Waals surface area contributed by atoms with Crippen LogP contribution in [-0.4, -0.2) is 5.11 Å². The number of nitrogens with zero attached hydrogens (tertiary/aromatic N) is 2.